The van der Waals surface area contributed by atoms with E-state index in [2.05, 4.69) is 16.1 Å². The number of carbonyl (C=O) groups is 1. The summed E-state index contributed by atoms with van der Waals surface area (Å²) in [6.07, 6.45) is 3.54. The predicted octanol–water partition coefficient (Wildman–Crippen LogP) is 3.41. The Bertz CT molecular complexity index is 978. The summed E-state index contributed by atoms with van der Waals surface area (Å²) in [5, 5.41) is 0.663. The van der Waals surface area contributed by atoms with E-state index in [0.29, 0.717) is 23.9 Å². The van der Waals surface area contributed by atoms with E-state index < -0.39 is 6.10 Å². The minimum absolute atomic E-state index is 0.0201. The molecule has 0 aliphatic carbocycles. The van der Waals surface area contributed by atoms with Crippen LogP contribution in [-0.4, -0.2) is 57.4 Å². The van der Waals surface area contributed by atoms with Crippen molar-refractivity contribution in [2.24, 2.45) is 0 Å². The van der Waals surface area contributed by atoms with Crippen molar-refractivity contribution in [2.75, 3.05) is 26.2 Å². The number of fused-ring (bicyclic) bond motifs is 1. The maximum Gasteiger partial charge on any atom is 0.263 e. The largest absolute Gasteiger partial charge is 0.481 e. The minimum atomic E-state index is -0.528. The van der Waals surface area contributed by atoms with Crippen LogP contribution in [0.5, 0.6) is 5.75 Å². The molecule has 1 atom stereocenters. The number of benzene rings is 1. The molecule has 0 radical (unpaired) electrons. The number of piperazine rings is 1. The molecule has 3 aromatic rings. The fourth-order valence-electron chi connectivity index (χ4n) is 3.66. The highest BCUT2D eigenvalue weighted by molar-refractivity contribution is 6.30. The van der Waals surface area contributed by atoms with E-state index in [-0.39, 0.29) is 5.91 Å². The lowest BCUT2D eigenvalue weighted by molar-refractivity contribution is -0.139. The maximum absolute atomic E-state index is 12.8. The third-order valence-electron chi connectivity index (χ3n) is 5.27. The van der Waals surface area contributed by atoms with Gasteiger partial charge in [0.25, 0.3) is 5.91 Å². The predicted molar refractivity (Wildman–Crippen MR) is 113 cm³/mol. The zero-order valence-electron chi connectivity index (χ0n) is 16.7. The third kappa shape index (κ3) is 4.54. The summed E-state index contributed by atoms with van der Waals surface area (Å²) in [5.74, 6) is 0.715. The second kappa shape index (κ2) is 8.43. The van der Waals surface area contributed by atoms with Crippen molar-refractivity contribution < 1.29 is 9.53 Å². The number of aryl methyl sites for hydroxylation is 1. The third-order valence-corrected chi connectivity index (χ3v) is 5.51. The van der Waals surface area contributed by atoms with Gasteiger partial charge >= 0.3 is 0 Å². The Labute approximate surface area is 175 Å². The molecule has 7 heteroatoms. The van der Waals surface area contributed by atoms with Crippen LogP contribution < -0.4 is 4.74 Å². The molecule has 1 saturated heterocycles. The van der Waals surface area contributed by atoms with E-state index in [0.717, 1.165) is 36.5 Å². The second-order valence-corrected chi connectivity index (χ2v) is 7.91. The summed E-state index contributed by atoms with van der Waals surface area (Å²) in [5.41, 5.74) is 2.93. The lowest BCUT2D eigenvalue weighted by atomic mass is 10.2. The van der Waals surface area contributed by atoms with Gasteiger partial charge in [0, 0.05) is 50.1 Å². The van der Waals surface area contributed by atoms with Crippen molar-refractivity contribution in [1.29, 1.82) is 0 Å². The van der Waals surface area contributed by atoms with Gasteiger partial charge in [-0.05, 0) is 49.7 Å². The average Bonchev–Trinajstić information content (AvgIpc) is 3.12. The molecule has 2 aromatic heterocycles. The Morgan fingerprint density at radius 1 is 1.21 bits per heavy atom. The lowest BCUT2D eigenvalue weighted by Gasteiger charge is -2.35. The van der Waals surface area contributed by atoms with Gasteiger partial charge in [-0.25, -0.2) is 4.98 Å². The average molecular weight is 413 g/mol. The number of hydrogen-bond donors (Lipinski definition) is 0. The number of nitrogens with zero attached hydrogens (tertiary/aromatic N) is 4. The Morgan fingerprint density at radius 2 is 2.00 bits per heavy atom. The maximum atomic E-state index is 12.8. The standard InChI is InChI=1S/C22H25ClN4O2/c1-16-13-18(23)6-7-20(16)29-17(2)22(28)26-11-9-25(10-12-26)14-19-15-27-8-4-3-5-21(27)24-19/h3-8,13,15,17H,9-12,14H2,1-2H3. The molecule has 0 bridgehead atoms. The smallest absolute Gasteiger partial charge is 0.263 e. The Kier molecular flexibility index (Phi) is 5.74. The minimum Gasteiger partial charge on any atom is -0.481 e. The Balaban J connectivity index is 1.30. The summed E-state index contributed by atoms with van der Waals surface area (Å²) >= 11 is 5.99. The van der Waals surface area contributed by atoms with E-state index in [1.807, 2.05) is 52.8 Å². The van der Waals surface area contributed by atoms with E-state index >= 15 is 0 Å². The van der Waals surface area contributed by atoms with Gasteiger partial charge in [0.15, 0.2) is 6.10 Å². The fraction of sp³-hybridized carbons (Fsp3) is 0.364. The van der Waals surface area contributed by atoms with E-state index in [1.165, 1.54) is 0 Å². The van der Waals surface area contributed by atoms with E-state index in [9.17, 15) is 4.79 Å². The molecule has 1 aliphatic rings. The molecule has 1 fully saturated rings. The van der Waals surface area contributed by atoms with Gasteiger partial charge in [-0.3, -0.25) is 9.69 Å². The molecular formula is C22H25ClN4O2. The van der Waals surface area contributed by atoms with Gasteiger partial charge in [0.1, 0.15) is 11.4 Å². The molecular weight excluding hydrogens is 388 g/mol. The first-order valence-electron chi connectivity index (χ1n) is 9.86. The molecule has 29 heavy (non-hydrogen) atoms. The molecule has 1 aliphatic heterocycles. The fourth-order valence-corrected chi connectivity index (χ4v) is 3.89. The van der Waals surface area contributed by atoms with Crippen molar-refractivity contribution in [1.82, 2.24) is 19.2 Å². The number of imidazole rings is 1. The number of halogens is 1. The highest BCUT2D eigenvalue weighted by Crippen LogP contribution is 2.23. The van der Waals surface area contributed by atoms with Crippen LogP contribution in [-0.2, 0) is 11.3 Å². The number of amides is 1. The van der Waals surface area contributed by atoms with E-state index in [1.54, 1.807) is 13.0 Å². The highest BCUT2D eigenvalue weighted by Gasteiger charge is 2.26. The van der Waals surface area contributed by atoms with Crippen LogP contribution in [0.1, 0.15) is 18.2 Å². The molecule has 6 nitrogen and oxygen atoms in total. The molecule has 4 rings (SSSR count). The first-order valence-corrected chi connectivity index (χ1v) is 10.2. The van der Waals surface area contributed by atoms with Crippen LogP contribution in [0.15, 0.2) is 48.8 Å². The SMILES string of the molecule is Cc1cc(Cl)ccc1OC(C)C(=O)N1CCN(Cc2cn3ccccc3n2)CC1. The first-order chi connectivity index (χ1) is 14.0. The summed E-state index contributed by atoms with van der Waals surface area (Å²) in [6.45, 7) is 7.56. The van der Waals surface area contributed by atoms with Crippen LogP contribution in [0.2, 0.25) is 5.02 Å². The van der Waals surface area contributed by atoms with E-state index in [4.69, 9.17) is 16.3 Å². The summed E-state index contributed by atoms with van der Waals surface area (Å²) in [7, 11) is 0. The normalized spacial score (nSPS) is 16.2. The molecule has 3 heterocycles. The summed E-state index contributed by atoms with van der Waals surface area (Å²) < 4.78 is 7.93. The molecule has 0 N–H and O–H groups in total. The van der Waals surface area contributed by atoms with Crippen LogP contribution in [0.3, 0.4) is 0 Å². The second-order valence-electron chi connectivity index (χ2n) is 7.47. The monoisotopic (exact) mass is 412 g/mol. The van der Waals surface area contributed by atoms with Crippen LogP contribution in [0.4, 0.5) is 0 Å². The number of ether oxygens (including phenoxy) is 1. The number of hydrogen-bond acceptors (Lipinski definition) is 4. The van der Waals surface area contributed by atoms with Crippen molar-refractivity contribution in [3.63, 3.8) is 0 Å². The first kappa shape index (κ1) is 19.7. The number of carbonyl (C=O) groups excluding carboxylic acids is 1. The lowest BCUT2D eigenvalue weighted by Crippen LogP contribution is -2.51. The molecule has 0 spiro atoms. The summed E-state index contributed by atoms with van der Waals surface area (Å²) in [6, 6.07) is 11.4. The van der Waals surface area contributed by atoms with Crippen molar-refractivity contribution >= 4 is 23.2 Å². The molecule has 1 amide bonds. The van der Waals surface area contributed by atoms with Gasteiger partial charge in [0.05, 0.1) is 5.69 Å². The molecule has 1 aromatic carbocycles. The summed E-state index contributed by atoms with van der Waals surface area (Å²) in [4.78, 5) is 21.7. The van der Waals surface area contributed by atoms with Gasteiger partial charge in [0.2, 0.25) is 0 Å². The molecule has 1 unspecified atom stereocenters. The van der Waals surface area contributed by atoms with Gasteiger partial charge in [-0.1, -0.05) is 17.7 Å². The van der Waals surface area contributed by atoms with Crippen molar-refractivity contribution in [3.8, 4) is 5.75 Å². The zero-order chi connectivity index (χ0) is 20.4. The van der Waals surface area contributed by atoms with Crippen molar-refractivity contribution in [2.45, 2.75) is 26.5 Å². The molecule has 152 valence electrons. The molecule has 0 saturated carbocycles. The zero-order valence-corrected chi connectivity index (χ0v) is 17.5. The quantitative estimate of drug-likeness (QED) is 0.644. The number of aromatic nitrogens is 2. The van der Waals surface area contributed by atoms with Crippen LogP contribution in [0, 0.1) is 6.92 Å². The van der Waals surface area contributed by atoms with Crippen molar-refractivity contribution in [3.05, 3.63) is 65.1 Å². The Hall–Kier alpha value is -2.57. The van der Waals surface area contributed by atoms with Gasteiger partial charge < -0.3 is 14.0 Å². The van der Waals surface area contributed by atoms with Crippen LogP contribution in [0.25, 0.3) is 5.65 Å². The van der Waals surface area contributed by atoms with Crippen LogP contribution >= 0.6 is 11.6 Å². The highest BCUT2D eigenvalue weighted by atomic mass is 35.5. The van der Waals surface area contributed by atoms with Gasteiger partial charge in [-0.15, -0.1) is 0 Å². The Morgan fingerprint density at radius 3 is 2.72 bits per heavy atom. The topological polar surface area (TPSA) is 50.1 Å². The van der Waals surface area contributed by atoms with Gasteiger partial charge in [-0.2, -0.15) is 0 Å². The number of pyridine rings is 1. The number of rotatable bonds is 5.